The van der Waals surface area contributed by atoms with Gasteiger partial charge in [-0.3, -0.25) is 0 Å². The summed E-state index contributed by atoms with van der Waals surface area (Å²) in [6.45, 7) is 9.60. The topological polar surface area (TPSA) is 64.6 Å². The van der Waals surface area contributed by atoms with E-state index < -0.39 is 0 Å². The maximum Gasteiger partial charge on any atom is 0.322 e. The van der Waals surface area contributed by atoms with Crippen LogP contribution in [-0.4, -0.2) is 53.6 Å². The number of fused-ring (bicyclic) bond motifs is 1. The van der Waals surface area contributed by atoms with Crippen molar-refractivity contribution in [1.82, 2.24) is 14.9 Å². The first kappa shape index (κ1) is 21.4. The van der Waals surface area contributed by atoms with Crippen LogP contribution in [0.25, 0.3) is 0 Å². The minimum absolute atomic E-state index is 0.0761. The molecule has 2 amide bonds. The molecule has 0 radical (unpaired) electrons. The zero-order valence-electron chi connectivity index (χ0n) is 19.2. The molecule has 7 nitrogen and oxygen atoms in total. The molecule has 2 aliphatic rings. The minimum Gasteiger partial charge on any atom is -0.357 e. The molecular formula is C24H34N6O. The van der Waals surface area contributed by atoms with E-state index in [1.807, 2.05) is 36.1 Å². The van der Waals surface area contributed by atoms with Gasteiger partial charge in [-0.05, 0) is 52.2 Å². The number of aryl methyl sites for hydroxylation is 1. The standard InChI is InChI=1S/C24H34N6O/c1-17(2)28(4)22-20-16-30(24(31)25-19-10-8-18(3)9-11-19)15-12-21(20)26-23(27-22)29-13-6-5-7-14-29/h8-11,17H,5-7,12-16H2,1-4H3,(H,25,31). The first-order valence-electron chi connectivity index (χ1n) is 11.4. The Morgan fingerprint density at radius 3 is 2.45 bits per heavy atom. The van der Waals surface area contributed by atoms with Crippen LogP contribution in [-0.2, 0) is 13.0 Å². The van der Waals surface area contributed by atoms with Crippen LogP contribution < -0.4 is 15.1 Å². The normalized spacial score (nSPS) is 16.3. The molecule has 7 heteroatoms. The second-order valence-electron chi connectivity index (χ2n) is 8.99. The molecule has 0 unspecified atom stereocenters. The Bertz CT molecular complexity index is 920. The van der Waals surface area contributed by atoms with Gasteiger partial charge in [-0.1, -0.05) is 17.7 Å². The number of carbonyl (C=O) groups is 1. The molecule has 0 bridgehead atoms. The van der Waals surface area contributed by atoms with Gasteiger partial charge in [0.1, 0.15) is 5.82 Å². The Morgan fingerprint density at radius 2 is 1.77 bits per heavy atom. The second kappa shape index (κ2) is 9.12. The highest BCUT2D eigenvalue weighted by atomic mass is 16.2. The van der Waals surface area contributed by atoms with Gasteiger partial charge in [0.2, 0.25) is 5.95 Å². The van der Waals surface area contributed by atoms with Crippen LogP contribution in [0, 0.1) is 6.92 Å². The van der Waals surface area contributed by atoms with E-state index in [9.17, 15) is 4.79 Å². The van der Waals surface area contributed by atoms with Gasteiger partial charge in [-0.15, -0.1) is 0 Å². The molecule has 1 fully saturated rings. The van der Waals surface area contributed by atoms with Crippen LogP contribution in [0.15, 0.2) is 24.3 Å². The predicted molar refractivity (Wildman–Crippen MR) is 126 cm³/mol. The fourth-order valence-electron chi connectivity index (χ4n) is 4.17. The van der Waals surface area contributed by atoms with Crippen molar-refractivity contribution in [3.63, 3.8) is 0 Å². The van der Waals surface area contributed by atoms with Crippen molar-refractivity contribution < 1.29 is 4.79 Å². The molecule has 0 spiro atoms. The Hall–Kier alpha value is -2.83. The highest BCUT2D eigenvalue weighted by Crippen LogP contribution is 2.30. The van der Waals surface area contributed by atoms with Gasteiger partial charge in [0, 0.05) is 50.4 Å². The SMILES string of the molecule is Cc1ccc(NC(=O)N2CCc3nc(N4CCCCC4)nc(N(C)C(C)C)c3C2)cc1. The molecule has 1 N–H and O–H groups in total. The van der Waals surface area contributed by atoms with Crippen LogP contribution in [0.3, 0.4) is 0 Å². The van der Waals surface area contributed by atoms with E-state index in [0.717, 1.165) is 48.2 Å². The first-order valence-corrected chi connectivity index (χ1v) is 11.4. The van der Waals surface area contributed by atoms with Crippen LogP contribution >= 0.6 is 0 Å². The Morgan fingerprint density at radius 1 is 1.06 bits per heavy atom. The molecular weight excluding hydrogens is 388 g/mol. The number of nitrogens with one attached hydrogen (secondary N) is 1. The summed E-state index contributed by atoms with van der Waals surface area (Å²) in [5.41, 5.74) is 4.14. The zero-order chi connectivity index (χ0) is 22.0. The third-order valence-electron chi connectivity index (χ3n) is 6.36. The van der Waals surface area contributed by atoms with E-state index in [1.54, 1.807) is 0 Å². The number of carbonyl (C=O) groups excluding carboxylic acids is 1. The Balaban J connectivity index is 1.59. The third kappa shape index (κ3) is 4.75. The molecule has 1 aromatic carbocycles. The molecule has 0 atom stereocenters. The maximum absolute atomic E-state index is 12.9. The third-order valence-corrected chi connectivity index (χ3v) is 6.36. The van der Waals surface area contributed by atoms with Gasteiger partial charge in [0.15, 0.2) is 0 Å². The summed E-state index contributed by atoms with van der Waals surface area (Å²) in [7, 11) is 2.08. The van der Waals surface area contributed by atoms with Gasteiger partial charge in [-0.25, -0.2) is 9.78 Å². The van der Waals surface area contributed by atoms with Crippen LogP contribution in [0.1, 0.15) is 49.9 Å². The van der Waals surface area contributed by atoms with Gasteiger partial charge in [0.05, 0.1) is 12.2 Å². The van der Waals surface area contributed by atoms with Gasteiger partial charge >= 0.3 is 6.03 Å². The lowest BCUT2D eigenvalue weighted by molar-refractivity contribution is 0.206. The minimum atomic E-state index is -0.0761. The lowest BCUT2D eigenvalue weighted by atomic mass is 10.1. The van der Waals surface area contributed by atoms with Crippen molar-refractivity contribution in [2.45, 2.75) is 59.0 Å². The number of anilines is 3. The number of benzene rings is 1. The van der Waals surface area contributed by atoms with Crippen molar-refractivity contribution in [2.24, 2.45) is 0 Å². The number of aromatic nitrogens is 2. The number of rotatable bonds is 4. The first-order chi connectivity index (χ1) is 14.9. The van der Waals surface area contributed by atoms with Crippen molar-refractivity contribution in [3.05, 3.63) is 41.1 Å². The molecule has 0 saturated carbocycles. The van der Waals surface area contributed by atoms with Crippen LogP contribution in [0.5, 0.6) is 0 Å². The van der Waals surface area contributed by atoms with Crippen molar-refractivity contribution in [1.29, 1.82) is 0 Å². The summed E-state index contributed by atoms with van der Waals surface area (Å²) in [5.74, 6) is 1.80. The van der Waals surface area contributed by atoms with Gasteiger partial charge in [-0.2, -0.15) is 4.98 Å². The highest BCUT2D eigenvalue weighted by molar-refractivity contribution is 5.89. The molecule has 166 valence electrons. The maximum atomic E-state index is 12.9. The van der Waals surface area contributed by atoms with Crippen molar-refractivity contribution in [3.8, 4) is 0 Å². The van der Waals surface area contributed by atoms with E-state index in [4.69, 9.17) is 9.97 Å². The van der Waals surface area contributed by atoms with E-state index >= 15 is 0 Å². The Kier molecular flexibility index (Phi) is 6.30. The molecule has 2 aliphatic heterocycles. The largest absolute Gasteiger partial charge is 0.357 e. The predicted octanol–water partition coefficient (Wildman–Crippen LogP) is 4.21. The number of piperidine rings is 1. The van der Waals surface area contributed by atoms with E-state index in [1.165, 1.54) is 24.8 Å². The lowest BCUT2D eigenvalue weighted by Gasteiger charge is -2.35. The molecule has 31 heavy (non-hydrogen) atoms. The van der Waals surface area contributed by atoms with E-state index in [0.29, 0.717) is 19.1 Å². The smallest absolute Gasteiger partial charge is 0.322 e. The van der Waals surface area contributed by atoms with Crippen molar-refractivity contribution in [2.75, 3.05) is 41.8 Å². The van der Waals surface area contributed by atoms with E-state index in [2.05, 4.69) is 36.0 Å². The Labute approximate surface area is 185 Å². The number of hydrogen-bond acceptors (Lipinski definition) is 5. The zero-order valence-corrected chi connectivity index (χ0v) is 19.2. The summed E-state index contributed by atoms with van der Waals surface area (Å²) >= 11 is 0. The molecule has 1 aromatic heterocycles. The summed E-state index contributed by atoms with van der Waals surface area (Å²) < 4.78 is 0. The molecule has 3 heterocycles. The van der Waals surface area contributed by atoms with Crippen LogP contribution in [0.2, 0.25) is 0 Å². The quantitative estimate of drug-likeness (QED) is 0.800. The molecule has 1 saturated heterocycles. The number of nitrogens with zero attached hydrogens (tertiary/aromatic N) is 5. The second-order valence-corrected chi connectivity index (χ2v) is 8.99. The molecule has 0 aliphatic carbocycles. The monoisotopic (exact) mass is 422 g/mol. The van der Waals surface area contributed by atoms with Gasteiger partial charge < -0.3 is 20.0 Å². The summed E-state index contributed by atoms with van der Waals surface area (Å²) in [4.78, 5) is 29.3. The average molecular weight is 423 g/mol. The molecule has 4 rings (SSSR count). The number of amides is 2. The summed E-state index contributed by atoms with van der Waals surface area (Å²) in [5, 5.41) is 3.03. The fourth-order valence-corrected chi connectivity index (χ4v) is 4.17. The number of hydrogen-bond donors (Lipinski definition) is 1. The highest BCUT2D eigenvalue weighted by Gasteiger charge is 2.28. The molecule has 2 aromatic rings. The average Bonchev–Trinajstić information content (AvgIpc) is 2.79. The summed E-state index contributed by atoms with van der Waals surface area (Å²) in [6, 6.07) is 8.13. The van der Waals surface area contributed by atoms with Crippen LogP contribution in [0.4, 0.5) is 22.2 Å². The van der Waals surface area contributed by atoms with Gasteiger partial charge in [0.25, 0.3) is 0 Å². The summed E-state index contributed by atoms with van der Waals surface area (Å²) in [6.07, 6.45) is 4.43. The lowest BCUT2D eigenvalue weighted by Crippen LogP contribution is -2.41. The van der Waals surface area contributed by atoms with Crippen molar-refractivity contribution >= 4 is 23.5 Å². The number of urea groups is 1. The fraction of sp³-hybridized carbons (Fsp3) is 0.542. The van der Waals surface area contributed by atoms with E-state index in [-0.39, 0.29) is 6.03 Å².